The topological polar surface area (TPSA) is 64.9 Å². The van der Waals surface area contributed by atoms with Crippen LogP contribution in [0, 0.1) is 0 Å². The van der Waals surface area contributed by atoms with Gasteiger partial charge in [-0.25, -0.2) is 0 Å². The van der Waals surface area contributed by atoms with Crippen molar-refractivity contribution < 1.29 is 4.52 Å². The lowest BCUT2D eigenvalue weighted by Crippen LogP contribution is -2.35. The van der Waals surface area contributed by atoms with Crippen LogP contribution in [-0.4, -0.2) is 10.1 Å². The van der Waals surface area contributed by atoms with Crippen LogP contribution in [0.1, 0.15) is 32.6 Å². The molecule has 102 valence electrons. The highest BCUT2D eigenvalue weighted by atomic mass is 79.9. The molecule has 0 aliphatic heterocycles. The molecule has 0 fully saturated rings. The Labute approximate surface area is 125 Å². The van der Waals surface area contributed by atoms with Gasteiger partial charge in [-0.2, -0.15) is 4.98 Å². The van der Waals surface area contributed by atoms with Crippen molar-refractivity contribution in [2.75, 3.05) is 0 Å². The summed E-state index contributed by atoms with van der Waals surface area (Å²) in [6.07, 6.45) is 1.49. The minimum Gasteiger partial charge on any atom is -0.337 e. The molecule has 19 heavy (non-hydrogen) atoms. The third-order valence-electron chi connectivity index (χ3n) is 3.29. The number of benzene rings is 1. The predicted octanol–water partition coefficient (Wildman–Crippen LogP) is 4.13. The van der Waals surface area contributed by atoms with Gasteiger partial charge in [0.15, 0.2) is 0 Å². The van der Waals surface area contributed by atoms with Crippen LogP contribution in [0.4, 0.5) is 0 Å². The zero-order valence-corrected chi connectivity index (χ0v) is 13.1. The van der Waals surface area contributed by atoms with Gasteiger partial charge in [0.05, 0.1) is 10.6 Å². The van der Waals surface area contributed by atoms with Crippen molar-refractivity contribution in [1.29, 1.82) is 0 Å². The van der Waals surface area contributed by atoms with Crippen molar-refractivity contribution in [3.8, 4) is 11.4 Å². The molecule has 0 radical (unpaired) electrons. The average Bonchev–Trinajstić information content (AvgIpc) is 2.91. The third-order valence-corrected chi connectivity index (χ3v) is 4.51. The van der Waals surface area contributed by atoms with Gasteiger partial charge in [-0.3, -0.25) is 0 Å². The summed E-state index contributed by atoms with van der Waals surface area (Å²) >= 11 is 9.33. The quantitative estimate of drug-likeness (QED) is 0.906. The molecule has 0 unspecified atom stereocenters. The van der Waals surface area contributed by atoms with E-state index in [-0.39, 0.29) is 0 Å². The van der Waals surface area contributed by atoms with Gasteiger partial charge in [0, 0.05) is 10.0 Å². The highest BCUT2D eigenvalue weighted by Gasteiger charge is 2.30. The van der Waals surface area contributed by atoms with Gasteiger partial charge in [0.2, 0.25) is 11.7 Å². The fourth-order valence-electron chi connectivity index (χ4n) is 1.73. The number of halogens is 2. The molecule has 2 aromatic rings. The molecule has 0 bridgehead atoms. The maximum Gasteiger partial charge on any atom is 0.247 e. The first-order valence-corrected chi connectivity index (χ1v) is 7.25. The Morgan fingerprint density at radius 1 is 1.37 bits per heavy atom. The van der Waals surface area contributed by atoms with Gasteiger partial charge in [-0.05, 0) is 47.0 Å². The normalized spacial score (nSPS) is 11.8. The first-order chi connectivity index (χ1) is 9.00. The minimum atomic E-state index is -0.561. The van der Waals surface area contributed by atoms with E-state index in [0.29, 0.717) is 16.7 Å². The molecule has 0 aliphatic rings. The molecule has 4 nitrogen and oxygen atoms in total. The summed E-state index contributed by atoms with van der Waals surface area (Å²) in [5.41, 5.74) is 6.51. The highest BCUT2D eigenvalue weighted by molar-refractivity contribution is 9.10. The first kappa shape index (κ1) is 14.5. The lowest BCUT2D eigenvalue weighted by atomic mass is 9.94. The zero-order valence-electron chi connectivity index (χ0n) is 10.8. The van der Waals surface area contributed by atoms with E-state index in [1.165, 1.54) is 0 Å². The number of rotatable bonds is 4. The molecule has 2 rings (SSSR count). The Hall–Kier alpha value is -0.910. The summed E-state index contributed by atoms with van der Waals surface area (Å²) < 4.78 is 6.10. The van der Waals surface area contributed by atoms with Gasteiger partial charge in [-0.1, -0.05) is 30.6 Å². The fourth-order valence-corrected chi connectivity index (χ4v) is 2.23. The molecule has 0 aliphatic carbocycles. The van der Waals surface area contributed by atoms with E-state index in [0.717, 1.165) is 22.9 Å². The second-order valence-electron chi connectivity index (χ2n) is 4.42. The molecule has 1 aromatic carbocycles. The Morgan fingerprint density at radius 3 is 2.63 bits per heavy atom. The van der Waals surface area contributed by atoms with Crippen molar-refractivity contribution in [1.82, 2.24) is 10.1 Å². The monoisotopic (exact) mass is 343 g/mol. The molecule has 0 saturated carbocycles. The van der Waals surface area contributed by atoms with E-state index >= 15 is 0 Å². The Morgan fingerprint density at radius 2 is 2.05 bits per heavy atom. The lowest BCUT2D eigenvalue weighted by molar-refractivity contribution is 0.268. The molecule has 0 saturated heterocycles. The lowest BCUT2D eigenvalue weighted by Gasteiger charge is -2.20. The van der Waals surface area contributed by atoms with Crippen molar-refractivity contribution in [3.05, 3.63) is 33.6 Å². The standard InChI is InChI=1S/C13H15BrClN3O/c1-3-13(16,4-2)12-17-11(18-19-12)8-5-6-10(15)9(14)7-8/h5-7H,3-4,16H2,1-2H3. The second kappa shape index (κ2) is 5.61. The fraction of sp³-hybridized carbons (Fsp3) is 0.385. The van der Waals surface area contributed by atoms with Crippen LogP contribution in [0.3, 0.4) is 0 Å². The van der Waals surface area contributed by atoms with Crippen LogP contribution in [0.2, 0.25) is 5.02 Å². The highest BCUT2D eigenvalue weighted by Crippen LogP contribution is 2.30. The van der Waals surface area contributed by atoms with E-state index < -0.39 is 5.54 Å². The van der Waals surface area contributed by atoms with Crippen molar-refractivity contribution >= 4 is 27.5 Å². The van der Waals surface area contributed by atoms with E-state index in [4.69, 9.17) is 21.9 Å². The largest absolute Gasteiger partial charge is 0.337 e. The zero-order chi connectivity index (χ0) is 14.0. The Kier molecular flexibility index (Phi) is 4.28. The van der Waals surface area contributed by atoms with E-state index in [1.807, 2.05) is 26.0 Å². The predicted molar refractivity (Wildman–Crippen MR) is 78.9 cm³/mol. The summed E-state index contributed by atoms with van der Waals surface area (Å²) in [5.74, 6) is 0.989. The van der Waals surface area contributed by atoms with Crippen LogP contribution in [-0.2, 0) is 5.54 Å². The number of hydrogen-bond acceptors (Lipinski definition) is 4. The minimum absolute atomic E-state index is 0.471. The number of aromatic nitrogens is 2. The van der Waals surface area contributed by atoms with Gasteiger partial charge in [0.1, 0.15) is 0 Å². The second-order valence-corrected chi connectivity index (χ2v) is 5.68. The molecule has 0 spiro atoms. The molecular weight excluding hydrogens is 330 g/mol. The summed E-state index contributed by atoms with van der Waals surface area (Å²) in [5, 5.41) is 4.63. The Balaban J connectivity index is 2.38. The van der Waals surface area contributed by atoms with Crippen LogP contribution in [0.5, 0.6) is 0 Å². The molecule has 0 atom stereocenters. The van der Waals surface area contributed by atoms with Crippen LogP contribution < -0.4 is 5.73 Å². The molecule has 2 N–H and O–H groups in total. The first-order valence-electron chi connectivity index (χ1n) is 6.08. The van der Waals surface area contributed by atoms with Gasteiger partial charge >= 0.3 is 0 Å². The average molecular weight is 345 g/mol. The van der Waals surface area contributed by atoms with Crippen LogP contribution >= 0.6 is 27.5 Å². The summed E-state index contributed by atoms with van der Waals surface area (Å²) in [7, 11) is 0. The van der Waals surface area contributed by atoms with Crippen LogP contribution in [0.25, 0.3) is 11.4 Å². The van der Waals surface area contributed by atoms with E-state index in [9.17, 15) is 0 Å². The van der Waals surface area contributed by atoms with Crippen LogP contribution in [0.15, 0.2) is 27.2 Å². The van der Waals surface area contributed by atoms with E-state index in [2.05, 4.69) is 26.1 Å². The Bertz CT molecular complexity index is 581. The van der Waals surface area contributed by atoms with E-state index in [1.54, 1.807) is 6.07 Å². The molecule has 0 amide bonds. The summed E-state index contributed by atoms with van der Waals surface area (Å²) in [4.78, 5) is 4.40. The molecule has 1 heterocycles. The summed E-state index contributed by atoms with van der Waals surface area (Å²) in [6.45, 7) is 4.01. The van der Waals surface area contributed by atoms with Gasteiger partial charge in [-0.15, -0.1) is 0 Å². The van der Waals surface area contributed by atoms with Crippen molar-refractivity contribution in [2.45, 2.75) is 32.2 Å². The van der Waals surface area contributed by atoms with Crippen molar-refractivity contribution in [3.63, 3.8) is 0 Å². The third kappa shape index (κ3) is 2.83. The summed E-state index contributed by atoms with van der Waals surface area (Å²) in [6, 6.07) is 5.48. The van der Waals surface area contributed by atoms with Gasteiger partial charge < -0.3 is 10.3 Å². The van der Waals surface area contributed by atoms with Crippen molar-refractivity contribution in [2.24, 2.45) is 5.73 Å². The number of nitrogens with zero attached hydrogens (tertiary/aromatic N) is 2. The van der Waals surface area contributed by atoms with Gasteiger partial charge in [0.25, 0.3) is 0 Å². The maximum atomic E-state index is 6.24. The maximum absolute atomic E-state index is 6.24. The SMILES string of the molecule is CCC(N)(CC)c1nc(-c2ccc(Cl)c(Br)c2)no1. The smallest absolute Gasteiger partial charge is 0.247 e. The number of nitrogens with two attached hydrogens (primary N) is 1. The number of hydrogen-bond donors (Lipinski definition) is 1. The molecule has 1 aromatic heterocycles. The molecular formula is C13H15BrClN3O. The molecule has 6 heteroatoms.